The lowest BCUT2D eigenvalue weighted by Gasteiger charge is -2.01. The van der Waals surface area contributed by atoms with Crippen molar-refractivity contribution in [1.82, 2.24) is 0 Å². The van der Waals surface area contributed by atoms with Crippen LogP contribution in [0.1, 0.15) is 25.5 Å². The Morgan fingerprint density at radius 2 is 2.47 bits per heavy atom. The molecule has 0 bridgehead atoms. The molecule has 84 valence electrons. The quantitative estimate of drug-likeness (QED) is 0.531. The number of thioether (sulfide) groups is 1. The van der Waals surface area contributed by atoms with Gasteiger partial charge in [-0.25, -0.2) is 0 Å². The van der Waals surface area contributed by atoms with Crippen molar-refractivity contribution in [2.75, 3.05) is 12.4 Å². The summed E-state index contributed by atoms with van der Waals surface area (Å²) in [5.74, 6) is 2.71. The summed E-state index contributed by atoms with van der Waals surface area (Å²) >= 11 is 1.77. The molecule has 1 heterocycles. The molecule has 0 unspecified atom stereocenters. The van der Waals surface area contributed by atoms with E-state index >= 15 is 0 Å². The third-order valence-corrected chi connectivity index (χ3v) is 2.87. The van der Waals surface area contributed by atoms with E-state index in [1.807, 2.05) is 19.1 Å². The maximum Gasteiger partial charge on any atom is 0.305 e. The summed E-state index contributed by atoms with van der Waals surface area (Å²) in [6, 6.07) is 3.84. The number of rotatable bonds is 7. The Hall–Kier alpha value is -0.900. The highest BCUT2D eigenvalue weighted by Crippen LogP contribution is 2.14. The van der Waals surface area contributed by atoms with Gasteiger partial charge in [0.2, 0.25) is 0 Å². The van der Waals surface area contributed by atoms with Crippen LogP contribution in [0, 0.1) is 0 Å². The molecular formula is C11H16O3S. The molecule has 0 spiro atoms. The van der Waals surface area contributed by atoms with E-state index in [1.165, 1.54) is 0 Å². The Morgan fingerprint density at radius 1 is 1.60 bits per heavy atom. The van der Waals surface area contributed by atoms with Crippen LogP contribution in [-0.2, 0) is 15.3 Å². The van der Waals surface area contributed by atoms with Gasteiger partial charge in [-0.2, -0.15) is 11.8 Å². The first-order chi connectivity index (χ1) is 7.33. The van der Waals surface area contributed by atoms with Crippen LogP contribution in [0.2, 0.25) is 0 Å². The molecule has 15 heavy (non-hydrogen) atoms. The van der Waals surface area contributed by atoms with Crippen molar-refractivity contribution in [2.45, 2.75) is 25.5 Å². The van der Waals surface area contributed by atoms with Crippen molar-refractivity contribution in [3.05, 3.63) is 24.2 Å². The van der Waals surface area contributed by atoms with E-state index in [2.05, 4.69) is 0 Å². The molecule has 0 atom stereocenters. The Bertz CT molecular complexity index is 269. The molecule has 0 N–H and O–H groups in total. The van der Waals surface area contributed by atoms with Gasteiger partial charge in [0, 0.05) is 6.42 Å². The Labute approximate surface area is 94.2 Å². The smallest absolute Gasteiger partial charge is 0.305 e. The summed E-state index contributed by atoms with van der Waals surface area (Å²) in [4.78, 5) is 11.0. The first-order valence-electron chi connectivity index (χ1n) is 5.08. The lowest BCUT2D eigenvalue weighted by atomic mass is 10.3. The van der Waals surface area contributed by atoms with E-state index in [1.54, 1.807) is 18.0 Å². The number of esters is 1. The average molecular weight is 228 g/mol. The number of carbonyl (C=O) groups excluding carboxylic acids is 1. The highest BCUT2D eigenvalue weighted by atomic mass is 32.2. The minimum atomic E-state index is -0.101. The van der Waals surface area contributed by atoms with Gasteiger partial charge < -0.3 is 9.15 Å². The summed E-state index contributed by atoms with van der Waals surface area (Å²) in [6.45, 7) is 2.29. The third kappa shape index (κ3) is 5.52. The highest BCUT2D eigenvalue weighted by Gasteiger charge is 2.01. The topological polar surface area (TPSA) is 39.4 Å². The minimum Gasteiger partial charge on any atom is -0.468 e. The van der Waals surface area contributed by atoms with E-state index in [0.717, 1.165) is 23.7 Å². The minimum absolute atomic E-state index is 0.101. The summed E-state index contributed by atoms with van der Waals surface area (Å²) in [6.07, 6.45) is 3.05. The van der Waals surface area contributed by atoms with Crippen LogP contribution >= 0.6 is 11.8 Å². The van der Waals surface area contributed by atoms with E-state index in [4.69, 9.17) is 9.15 Å². The van der Waals surface area contributed by atoms with E-state index < -0.39 is 0 Å². The fraction of sp³-hybridized carbons (Fsp3) is 0.545. The monoisotopic (exact) mass is 228 g/mol. The molecule has 0 saturated heterocycles. The highest BCUT2D eigenvalue weighted by molar-refractivity contribution is 7.98. The van der Waals surface area contributed by atoms with E-state index in [-0.39, 0.29) is 5.97 Å². The largest absolute Gasteiger partial charge is 0.468 e. The predicted octanol–water partition coefficient (Wildman–Crippen LogP) is 2.86. The molecule has 1 rings (SSSR count). The summed E-state index contributed by atoms with van der Waals surface area (Å²) in [5, 5.41) is 0. The Morgan fingerprint density at radius 3 is 3.13 bits per heavy atom. The molecule has 1 aromatic rings. The molecule has 0 aromatic carbocycles. The van der Waals surface area contributed by atoms with Gasteiger partial charge in [-0.3, -0.25) is 4.79 Å². The molecule has 1 aromatic heterocycles. The molecule has 0 fully saturated rings. The number of furan rings is 1. The number of ether oxygens (including phenoxy) is 1. The van der Waals surface area contributed by atoms with Crippen molar-refractivity contribution in [2.24, 2.45) is 0 Å². The molecule has 0 radical (unpaired) electrons. The van der Waals surface area contributed by atoms with Crippen molar-refractivity contribution in [3.8, 4) is 0 Å². The maximum absolute atomic E-state index is 11.0. The Balaban J connectivity index is 1.95. The fourth-order valence-electron chi connectivity index (χ4n) is 1.12. The van der Waals surface area contributed by atoms with Gasteiger partial charge in [0.25, 0.3) is 0 Å². The number of carbonyl (C=O) groups is 1. The SMILES string of the molecule is CCOC(=O)CCCSCc1ccco1. The zero-order chi connectivity index (χ0) is 10.9. The molecule has 0 aliphatic heterocycles. The second kappa shape index (κ2) is 7.40. The number of hydrogen-bond donors (Lipinski definition) is 0. The zero-order valence-corrected chi connectivity index (χ0v) is 9.72. The van der Waals surface area contributed by atoms with Crippen LogP contribution in [0.3, 0.4) is 0 Å². The molecule has 0 aliphatic rings. The fourth-order valence-corrected chi connectivity index (χ4v) is 1.98. The van der Waals surface area contributed by atoms with Crippen LogP contribution in [0.5, 0.6) is 0 Å². The molecule has 3 nitrogen and oxygen atoms in total. The van der Waals surface area contributed by atoms with Crippen LogP contribution in [-0.4, -0.2) is 18.3 Å². The lowest BCUT2D eigenvalue weighted by molar-refractivity contribution is -0.143. The summed E-state index contributed by atoms with van der Waals surface area (Å²) in [5.41, 5.74) is 0. The summed E-state index contributed by atoms with van der Waals surface area (Å²) < 4.78 is 10.0. The molecule has 0 aliphatic carbocycles. The van der Waals surface area contributed by atoms with E-state index in [0.29, 0.717) is 13.0 Å². The van der Waals surface area contributed by atoms with Crippen molar-refractivity contribution in [3.63, 3.8) is 0 Å². The molecule has 0 amide bonds. The first kappa shape index (κ1) is 12.2. The standard InChI is InChI=1S/C11H16O3S/c1-2-13-11(12)6-4-8-15-9-10-5-3-7-14-10/h3,5,7H,2,4,6,8-9H2,1H3. The average Bonchev–Trinajstić information content (AvgIpc) is 2.70. The van der Waals surface area contributed by atoms with Crippen LogP contribution in [0.25, 0.3) is 0 Å². The van der Waals surface area contributed by atoms with Crippen molar-refractivity contribution < 1.29 is 13.9 Å². The third-order valence-electron chi connectivity index (χ3n) is 1.80. The van der Waals surface area contributed by atoms with E-state index in [9.17, 15) is 4.79 Å². The number of hydrogen-bond acceptors (Lipinski definition) is 4. The van der Waals surface area contributed by atoms with Gasteiger partial charge in [-0.15, -0.1) is 0 Å². The molecule has 0 saturated carbocycles. The van der Waals surface area contributed by atoms with Crippen LogP contribution in [0.15, 0.2) is 22.8 Å². The zero-order valence-electron chi connectivity index (χ0n) is 8.90. The normalized spacial score (nSPS) is 10.2. The Kier molecular flexibility index (Phi) is 6.00. The predicted molar refractivity (Wildman–Crippen MR) is 60.7 cm³/mol. The molecule has 4 heteroatoms. The van der Waals surface area contributed by atoms with Crippen LogP contribution < -0.4 is 0 Å². The maximum atomic E-state index is 11.0. The second-order valence-electron chi connectivity index (χ2n) is 3.04. The van der Waals surface area contributed by atoms with Gasteiger partial charge in [-0.1, -0.05) is 0 Å². The van der Waals surface area contributed by atoms with Gasteiger partial charge >= 0.3 is 5.97 Å². The van der Waals surface area contributed by atoms with Crippen LogP contribution in [0.4, 0.5) is 0 Å². The van der Waals surface area contributed by atoms with Gasteiger partial charge in [0.1, 0.15) is 5.76 Å². The second-order valence-corrected chi connectivity index (χ2v) is 4.15. The van der Waals surface area contributed by atoms with Crippen molar-refractivity contribution >= 4 is 17.7 Å². The summed E-state index contributed by atoms with van der Waals surface area (Å²) in [7, 11) is 0. The lowest BCUT2D eigenvalue weighted by Crippen LogP contribution is -2.03. The van der Waals surface area contributed by atoms with Gasteiger partial charge in [0.15, 0.2) is 0 Å². The molecular weight excluding hydrogens is 212 g/mol. The van der Waals surface area contributed by atoms with Gasteiger partial charge in [-0.05, 0) is 31.2 Å². The van der Waals surface area contributed by atoms with Gasteiger partial charge in [0.05, 0.1) is 18.6 Å². The van der Waals surface area contributed by atoms with Crippen molar-refractivity contribution in [1.29, 1.82) is 0 Å². The first-order valence-corrected chi connectivity index (χ1v) is 6.24.